The molecule has 0 radical (unpaired) electrons. The standard InChI is InChI=1S/C19H19NO2/c1-2-20-16-7-4-3-6-14(16)15-12-13(8-9-17(15)20)19(18(21)22)10-5-11-19/h3-4,6-9,12H,2,5,10-11H2,1H3,(H,21,22). The van der Waals surface area contributed by atoms with Crippen molar-refractivity contribution in [1.82, 2.24) is 4.57 Å². The number of aryl methyl sites for hydroxylation is 1. The van der Waals surface area contributed by atoms with Crippen LogP contribution in [-0.4, -0.2) is 15.6 Å². The first kappa shape index (κ1) is 13.4. The highest BCUT2D eigenvalue weighted by Crippen LogP contribution is 2.45. The van der Waals surface area contributed by atoms with Crippen LogP contribution in [0.4, 0.5) is 0 Å². The zero-order chi connectivity index (χ0) is 15.3. The summed E-state index contributed by atoms with van der Waals surface area (Å²) in [5.41, 5.74) is 2.70. The Morgan fingerprint density at radius 1 is 1.14 bits per heavy atom. The second kappa shape index (κ2) is 4.60. The first-order valence-electron chi connectivity index (χ1n) is 7.92. The normalized spacial score (nSPS) is 16.8. The van der Waals surface area contributed by atoms with Gasteiger partial charge in [0.15, 0.2) is 0 Å². The summed E-state index contributed by atoms with van der Waals surface area (Å²) in [5, 5.41) is 12.0. The van der Waals surface area contributed by atoms with Crippen LogP contribution in [-0.2, 0) is 16.8 Å². The van der Waals surface area contributed by atoms with Crippen molar-refractivity contribution in [2.75, 3.05) is 0 Å². The van der Waals surface area contributed by atoms with Crippen LogP contribution in [0.15, 0.2) is 42.5 Å². The molecule has 1 heterocycles. The summed E-state index contributed by atoms with van der Waals surface area (Å²) >= 11 is 0. The number of carbonyl (C=O) groups is 1. The van der Waals surface area contributed by atoms with Crippen molar-refractivity contribution in [3.05, 3.63) is 48.0 Å². The molecular formula is C19H19NO2. The van der Waals surface area contributed by atoms with Crippen LogP contribution in [0.1, 0.15) is 31.7 Å². The average molecular weight is 293 g/mol. The van der Waals surface area contributed by atoms with Crippen LogP contribution in [0.5, 0.6) is 0 Å². The van der Waals surface area contributed by atoms with Gasteiger partial charge in [0, 0.05) is 28.4 Å². The van der Waals surface area contributed by atoms with Gasteiger partial charge in [0.25, 0.3) is 0 Å². The van der Waals surface area contributed by atoms with Gasteiger partial charge in [-0.2, -0.15) is 0 Å². The number of benzene rings is 2. The number of carboxylic acid groups (broad SMARTS) is 1. The second-order valence-electron chi connectivity index (χ2n) is 6.23. The molecule has 1 aromatic heterocycles. The molecule has 0 aliphatic heterocycles. The fourth-order valence-corrected chi connectivity index (χ4v) is 3.85. The molecule has 0 atom stereocenters. The molecule has 3 aromatic rings. The number of aliphatic carboxylic acids is 1. The topological polar surface area (TPSA) is 42.2 Å². The Labute approximate surface area is 129 Å². The zero-order valence-electron chi connectivity index (χ0n) is 12.7. The molecule has 1 saturated carbocycles. The van der Waals surface area contributed by atoms with Gasteiger partial charge in [-0.1, -0.05) is 30.7 Å². The minimum atomic E-state index is -0.683. The van der Waals surface area contributed by atoms with E-state index in [0.29, 0.717) is 0 Å². The lowest BCUT2D eigenvalue weighted by Crippen LogP contribution is -2.42. The molecule has 0 bridgehead atoms. The van der Waals surface area contributed by atoms with Gasteiger partial charge < -0.3 is 9.67 Å². The highest BCUT2D eigenvalue weighted by Gasteiger charge is 2.46. The predicted molar refractivity (Wildman–Crippen MR) is 88.3 cm³/mol. The molecule has 2 aromatic carbocycles. The van der Waals surface area contributed by atoms with Crippen LogP contribution in [0, 0.1) is 0 Å². The van der Waals surface area contributed by atoms with Gasteiger partial charge in [-0.3, -0.25) is 4.79 Å². The summed E-state index contributed by atoms with van der Waals surface area (Å²) in [6, 6.07) is 14.6. The zero-order valence-corrected chi connectivity index (χ0v) is 12.7. The van der Waals surface area contributed by atoms with Crippen LogP contribution >= 0.6 is 0 Å². The molecule has 0 spiro atoms. The second-order valence-corrected chi connectivity index (χ2v) is 6.23. The summed E-state index contributed by atoms with van der Waals surface area (Å²) in [5.74, 6) is -0.683. The molecule has 112 valence electrons. The Kier molecular flexibility index (Phi) is 2.80. The number of hydrogen-bond donors (Lipinski definition) is 1. The lowest BCUT2D eigenvalue weighted by molar-refractivity contribution is -0.147. The highest BCUT2D eigenvalue weighted by atomic mass is 16.4. The van der Waals surface area contributed by atoms with E-state index in [1.807, 2.05) is 12.1 Å². The van der Waals surface area contributed by atoms with Gasteiger partial charge in [-0.05, 0) is 43.5 Å². The Morgan fingerprint density at radius 2 is 1.86 bits per heavy atom. The van der Waals surface area contributed by atoms with E-state index < -0.39 is 11.4 Å². The number of para-hydroxylation sites is 1. The molecule has 0 saturated heterocycles. The van der Waals surface area contributed by atoms with Crippen molar-refractivity contribution in [1.29, 1.82) is 0 Å². The smallest absolute Gasteiger partial charge is 0.314 e. The minimum absolute atomic E-state index is 0.663. The minimum Gasteiger partial charge on any atom is -0.481 e. The molecule has 4 rings (SSSR count). The highest BCUT2D eigenvalue weighted by molar-refractivity contribution is 6.08. The van der Waals surface area contributed by atoms with Gasteiger partial charge in [-0.15, -0.1) is 0 Å². The first-order valence-corrected chi connectivity index (χ1v) is 7.92. The molecule has 22 heavy (non-hydrogen) atoms. The summed E-state index contributed by atoms with van der Waals surface area (Å²) in [7, 11) is 0. The van der Waals surface area contributed by atoms with E-state index in [1.54, 1.807) is 0 Å². The number of carboxylic acids is 1. The van der Waals surface area contributed by atoms with Crippen molar-refractivity contribution < 1.29 is 9.90 Å². The third kappa shape index (κ3) is 1.59. The Hall–Kier alpha value is -2.29. The molecule has 1 aliphatic rings. The molecule has 1 fully saturated rings. The molecule has 0 unspecified atom stereocenters. The molecule has 1 N–H and O–H groups in total. The largest absolute Gasteiger partial charge is 0.481 e. The fraction of sp³-hybridized carbons (Fsp3) is 0.316. The van der Waals surface area contributed by atoms with Gasteiger partial charge >= 0.3 is 5.97 Å². The maximum Gasteiger partial charge on any atom is 0.314 e. The first-order chi connectivity index (χ1) is 10.7. The summed E-state index contributed by atoms with van der Waals surface area (Å²) in [4.78, 5) is 11.8. The Morgan fingerprint density at radius 3 is 2.50 bits per heavy atom. The van der Waals surface area contributed by atoms with E-state index in [2.05, 4.69) is 41.8 Å². The van der Waals surface area contributed by atoms with E-state index >= 15 is 0 Å². The number of nitrogens with zero attached hydrogens (tertiary/aromatic N) is 1. The molecule has 0 amide bonds. The van der Waals surface area contributed by atoms with Gasteiger partial charge in [-0.25, -0.2) is 0 Å². The van der Waals surface area contributed by atoms with Crippen molar-refractivity contribution in [2.45, 2.75) is 38.1 Å². The Balaban J connectivity index is 2.02. The number of hydrogen-bond acceptors (Lipinski definition) is 1. The number of rotatable bonds is 3. The summed E-state index contributed by atoms with van der Waals surface area (Å²) < 4.78 is 2.29. The molecule has 3 heteroatoms. The van der Waals surface area contributed by atoms with E-state index in [1.165, 1.54) is 21.8 Å². The number of fused-ring (bicyclic) bond motifs is 3. The number of aromatic nitrogens is 1. The summed E-state index contributed by atoms with van der Waals surface area (Å²) in [6.45, 7) is 3.05. The summed E-state index contributed by atoms with van der Waals surface area (Å²) in [6.07, 6.45) is 2.50. The van der Waals surface area contributed by atoms with E-state index in [9.17, 15) is 9.90 Å². The van der Waals surface area contributed by atoms with E-state index in [4.69, 9.17) is 0 Å². The molecule has 3 nitrogen and oxygen atoms in total. The van der Waals surface area contributed by atoms with Crippen LogP contribution in [0.25, 0.3) is 21.8 Å². The van der Waals surface area contributed by atoms with Crippen LogP contribution < -0.4 is 0 Å². The van der Waals surface area contributed by atoms with Gasteiger partial charge in [0.05, 0.1) is 5.41 Å². The predicted octanol–water partition coefficient (Wildman–Crippen LogP) is 4.32. The van der Waals surface area contributed by atoms with E-state index in [0.717, 1.165) is 31.4 Å². The maximum absolute atomic E-state index is 11.8. The van der Waals surface area contributed by atoms with Crippen molar-refractivity contribution in [3.63, 3.8) is 0 Å². The van der Waals surface area contributed by atoms with Crippen molar-refractivity contribution >= 4 is 27.8 Å². The lowest BCUT2D eigenvalue weighted by Gasteiger charge is -2.38. The maximum atomic E-state index is 11.8. The van der Waals surface area contributed by atoms with Gasteiger partial charge in [0.1, 0.15) is 0 Å². The lowest BCUT2D eigenvalue weighted by atomic mass is 9.64. The molecular weight excluding hydrogens is 274 g/mol. The Bertz CT molecular complexity index is 887. The van der Waals surface area contributed by atoms with Crippen molar-refractivity contribution in [3.8, 4) is 0 Å². The molecule has 1 aliphatic carbocycles. The fourth-order valence-electron chi connectivity index (χ4n) is 3.85. The van der Waals surface area contributed by atoms with E-state index in [-0.39, 0.29) is 0 Å². The quantitative estimate of drug-likeness (QED) is 0.781. The SMILES string of the molecule is CCn1c2ccccc2c2cc(C3(C(=O)O)CCC3)ccc21. The van der Waals surface area contributed by atoms with Gasteiger partial charge in [0.2, 0.25) is 0 Å². The monoisotopic (exact) mass is 293 g/mol. The average Bonchev–Trinajstić information content (AvgIpc) is 2.79. The van der Waals surface area contributed by atoms with Crippen LogP contribution in [0.2, 0.25) is 0 Å². The van der Waals surface area contributed by atoms with Crippen LogP contribution in [0.3, 0.4) is 0 Å². The third-order valence-electron chi connectivity index (χ3n) is 5.26. The third-order valence-corrected chi connectivity index (χ3v) is 5.26. The van der Waals surface area contributed by atoms with Crippen molar-refractivity contribution in [2.24, 2.45) is 0 Å².